The molecule has 3 rings (SSSR count). The highest BCUT2D eigenvalue weighted by Crippen LogP contribution is 2.29. The minimum Gasteiger partial charge on any atom is -0.497 e. The van der Waals surface area contributed by atoms with Crippen LogP contribution in [-0.2, 0) is 22.4 Å². The molecular weight excluding hydrogens is 358 g/mol. The van der Waals surface area contributed by atoms with Crippen molar-refractivity contribution in [3.8, 4) is 11.5 Å². The van der Waals surface area contributed by atoms with Crippen LogP contribution in [0.2, 0.25) is 0 Å². The van der Waals surface area contributed by atoms with Crippen molar-refractivity contribution in [3.05, 3.63) is 58.7 Å². The van der Waals surface area contributed by atoms with Crippen LogP contribution in [0.3, 0.4) is 0 Å². The maximum Gasteiger partial charge on any atom is 0.338 e. The van der Waals surface area contributed by atoms with E-state index in [4.69, 9.17) is 14.2 Å². The van der Waals surface area contributed by atoms with Gasteiger partial charge in [0.15, 0.2) is 6.61 Å². The van der Waals surface area contributed by atoms with E-state index in [1.165, 1.54) is 11.1 Å². The van der Waals surface area contributed by atoms with Gasteiger partial charge >= 0.3 is 5.97 Å². The van der Waals surface area contributed by atoms with E-state index in [0.717, 1.165) is 24.8 Å². The van der Waals surface area contributed by atoms with Crippen LogP contribution >= 0.6 is 0 Å². The summed E-state index contributed by atoms with van der Waals surface area (Å²) in [6.45, 7) is 1.49. The molecular formula is C22H25NO5. The Morgan fingerprint density at radius 1 is 1.04 bits per heavy atom. The molecule has 2 aromatic carbocycles. The molecule has 0 saturated carbocycles. The normalized spacial score (nSPS) is 13.4. The highest BCUT2D eigenvalue weighted by atomic mass is 16.5. The summed E-state index contributed by atoms with van der Waals surface area (Å²) in [5.41, 5.74) is 3.74. The Morgan fingerprint density at radius 2 is 1.82 bits per heavy atom. The minimum absolute atomic E-state index is 0.337. The predicted molar refractivity (Wildman–Crippen MR) is 105 cm³/mol. The van der Waals surface area contributed by atoms with E-state index in [9.17, 15) is 9.59 Å². The second-order valence-corrected chi connectivity index (χ2v) is 6.81. The molecule has 0 aromatic heterocycles. The van der Waals surface area contributed by atoms with Gasteiger partial charge in [0.1, 0.15) is 11.5 Å². The zero-order valence-electron chi connectivity index (χ0n) is 16.4. The summed E-state index contributed by atoms with van der Waals surface area (Å²) < 4.78 is 15.8. The van der Waals surface area contributed by atoms with Gasteiger partial charge in [-0.25, -0.2) is 4.79 Å². The number of fused-ring (bicyclic) bond motifs is 1. The largest absolute Gasteiger partial charge is 0.497 e. The number of aryl methyl sites for hydroxylation is 2. The lowest BCUT2D eigenvalue weighted by Crippen LogP contribution is -2.31. The molecule has 1 atom stereocenters. The fourth-order valence-electron chi connectivity index (χ4n) is 3.45. The number of esters is 1. The van der Waals surface area contributed by atoms with Crippen molar-refractivity contribution in [1.29, 1.82) is 0 Å². The number of carbonyl (C=O) groups is 2. The molecule has 0 spiro atoms. The average Bonchev–Trinajstić information content (AvgIpc) is 3.19. The van der Waals surface area contributed by atoms with Gasteiger partial charge in [0.2, 0.25) is 0 Å². The predicted octanol–water partition coefficient (Wildman–Crippen LogP) is 3.23. The number of rotatable bonds is 7. The fraction of sp³-hybridized carbons (Fsp3) is 0.364. The number of hydrogen-bond acceptors (Lipinski definition) is 5. The Balaban J connectivity index is 1.57. The first-order valence-electron chi connectivity index (χ1n) is 9.32. The van der Waals surface area contributed by atoms with Crippen LogP contribution in [-0.4, -0.2) is 32.7 Å². The number of hydrogen-bond donors (Lipinski definition) is 1. The maximum absolute atomic E-state index is 12.2. The topological polar surface area (TPSA) is 73.9 Å². The van der Waals surface area contributed by atoms with Gasteiger partial charge in [0, 0.05) is 5.56 Å². The molecule has 1 amide bonds. The molecule has 2 aromatic rings. The van der Waals surface area contributed by atoms with Crippen molar-refractivity contribution in [2.24, 2.45) is 0 Å². The van der Waals surface area contributed by atoms with Crippen LogP contribution in [0, 0.1) is 0 Å². The smallest absolute Gasteiger partial charge is 0.338 e. The van der Waals surface area contributed by atoms with Crippen molar-refractivity contribution in [2.45, 2.75) is 32.2 Å². The van der Waals surface area contributed by atoms with Crippen molar-refractivity contribution >= 4 is 11.9 Å². The summed E-state index contributed by atoms with van der Waals surface area (Å²) in [5, 5.41) is 2.82. The summed E-state index contributed by atoms with van der Waals surface area (Å²) in [4.78, 5) is 24.5. The standard InChI is InChI=1S/C22H25NO5/c1-14(19-12-18(26-2)9-10-20(19)27-3)23-21(24)13-28-22(25)17-8-7-15-5-4-6-16(15)11-17/h7-12,14H,4-6,13H2,1-3H3,(H,23,24)/t14-/m0/s1. The number of ether oxygens (including phenoxy) is 3. The molecule has 28 heavy (non-hydrogen) atoms. The van der Waals surface area contributed by atoms with Crippen LogP contribution in [0.15, 0.2) is 36.4 Å². The highest BCUT2D eigenvalue weighted by Gasteiger charge is 2.18. The third-order valence-corrected chi connectivity index (χ3v) is 4.95. The van der Waals surface area contributed by atoms with E-state index in [0.29, 0.717) is 17.1 Å². The van der Waals surface area contributed by atoms with Crippen molar-refractivity contribution < 1.29 is 23.8 Å². The second-order valence-electron chi connectivity index (χ2n) is 6.81. The maximum atomic E-state index is 12.2. The SMILES string of the molecule is COc1ccc(OC)c([C@H](C)NC(=O)COC(=O)c2ccc3c(c2)CCC3)c1. The summed E-state index contributed by atoms with van der Waals surface area (Å²) in [5.74, 6) is 0.437. The first kappa shape index (κ1) is 19.7. The number of benzene rings is 2. The van der Waals surface area contributed by atoms with Crippen LogP contribution in [0.4, 0.5) is 0 Å². The number of nitrogens with one attached hydrogen (secondary N) is 1. The number of carbonyl (C=O) groups excluding carboxylic acids is 2. The zero-order chi connectivity index (χ0) is 20.1. The van der Waals surface area contributed by atoms with Gasteiger partial charge in [0.05, 0.1) is 25.8 Å². The Labute approximate surface area is 164 Å². The van der Waals surface area contributed by atoms with Gasteiger partial charge in [-0.15, -0.1) is 0 Å². The van der Waals surface area contributed by atoms with E-state index in [2.05, 4.69) is 5.32 Å². The highest BCUT2D eigenvalue weighted by molar-refractivity contribution is 5.91. The second kappa shape index (κ2) is 8.78. The Bertz CT molecular complexity index is 877. The van der Waals surface area contributed by atoms with Gasteiger partial charge in [-0.2, -0.15) is 0 Å². The molecule has 1 N–H and O–H groups in total. The van der Waals surface area contributed by atoms with E-state index in [1.54, 1.807) is 38.5 Å². The van der Waals surface area contributed by atoms with Crippen molar-refractivity contribution in [3.63, 3.8) is 0 Å². The summed E-state index contributed by atoms with van der Waals surface area (Å²) in [6, 6.07) is 10.6. The lowest BCUT2D eigenvalue weighted by Gasteiger charge is -2.18. The molecule has 6 nitrogen and oxygen atoms in total. The molecule has 0 unspecified atom stereocenters. The Hall–Kier alpha value is -3.02. The summed E-state index contributed by atoms with van der Waals surface area (Å²) in [6.07, 6.45) is 3.15. The Morgan fingerprint density at radius 3 is 2.57 bits per heavy atom. The summed E-state index contributed by atoms with van der Waals surface area (Å²) in [7, 11) is 3.14. The number of amides is 1. The minimum atomic E-state index is -0.489. The van der Waals surface area contributed by atoms with E-state index >= 15 is 0 Å². The average molecular weight is 383 g/mol. The van der Waals surface area contributed by atoms with E-state index in [-0.39, 0.29) is 18.6 Å². The van der Waals surface area contributed by atoms with Gasteiger partial charge in [-0.05, 0) is 67.6 Å². The van der Waals surface area contributed by atoms with Crippen LogP contribution in [0.1, 0.15) is 46.4 Å². The van der Waals surface area contributed by atoms with Gasteiger partial charge in [0.25, 0.3) is 5.91 Å². The third kappa shape index (κ3) is 4.44. The van der Waals surface area contributed by atoms with Crippen molar-refractivity contribution in [1.82, 2.24) is 5.32 Å². The van der Waals surface area contributed by atoms with Gasteiger partial charge in [-0.3, -0.25) is 4.79 Å². The molecule has 6 heteroatoms. The van der Waals surface area contributed by atoms with Gasteiger partial charge < -0.3 is 19.5 Å². The third-order valence-electron chi connectivity index (χ3n) is 4.95. The van der Waals surface area contributed by atoms with E-state index in [1.807, 2.05) is 19.1 Å². The lowest BCUT2D eigenvalue weighted by molar-refractivity contribution is -0.124. The molecule has 0 aliphatic heterocycles. The van der Waals surface area contributed by atoms with Crippen LogP contribution in [0.25, 0.3) is 0 Å². The van der Waals surface area contributed by atoms with Crippen LogP contribution < -0.4 is 14.8 Å². The molecule has 1 aliphatic carbocycles. The van der Waals surface area contributed by atoms with Crippen molar-refractivity contribution in [2.75, 3.05) is 20.8 Å². The first-order valence-corrected chi connectivity index (χ1v) is 9.32. The zero-order valence-corrected chi connectivity index (χ0v) is 16.4. The molecule has 1 aliphatic rings. The molecule has 148 valence electrons. The Kier molecular flexibility index (Phi) is 6.19. The van der Waals surface area contributed by atoms with Crippen LogP contribution in [0.5, 0.6) is 11.5 Å². The monoisotopic (exact) mass is 383 g/mol. The number of methoxy groups -OCH3 is 2. The lowest BCUT2D eigenvalue weighted by atomic mass is 10.1. The molecule has 0 bridgehead atoms. The summed E-state index contributed by atoms with van der Waals surface area (Å²) >= 11 is 0. The first-order chi connectivity index (χ1) is 13.5. The molecule has 0 fully saturated rings. The molecule has 0 radical (unpaired) electrons. The molecule has 0 heterocycles. The quantitative estimate of drug-likeness (QED) is 0.743. The van der Waals surface area contributed by atoms with E-state index < -0.39 is 5.97 Å². The van der Waals surface area contributed by atoms with Gasteiger partial charge in [-0.1, -0.05) is 6.07 Å². The fourth-order valence-corrected chi connectivity index (χ4v) is 3.45. The molecule has 0 saturated heterocycles.